The molecule has 4 rings (SSSR count). The maximum atomic E-state index is 13.6. The summed E-state index contributed by atoms with van der Waals surface area (Å²) < 4.78 is 25.4. The van der Waals surface area contributed by atoms with E-state index in [1.807, 2.05) is 13.8 Å². The van der Waals surface area contributed by atoms with Crippen LogP contribution < -0.4 is 10.6 Å². The van der Waals surface area contributed by atoms with Crippen molar-refractivity contribution in [2.75, 3.05) is 31.6 Å². The van der Waals surface area contributed by atoms with Gasteiger partial charge in [0.25, 0.3) is 0 Å². The molecule has 0 radical (unpaired) electrons. The van der Waals surface area contributed by atoms with Gasteiger partial charge in [-0.05, 0) is 43.7 Å². The average molecular weight is 481 g/mol. The van der Waals surface area contributed by atoms with Crippen LogP contribution in [0.1, 0.15) is 32.4 Å². The van der Waals surface area contributed by atoms with E-state index in [0.717, 1.165) is 6.42 Å². The Labute approximate surface area is 203 Å². The summed E-state index contributed by atoms with van der Waals surface area (Å²) >= 11 is 0. The number of hydrogen-bond donors (Lipinski definition) is 3. The van der Waals surface area contributed by atoms with Crippen LogP contribution >= 0.6 is 0 Å². The van der Waals surface area contributed by atoms with Crippen LogP contribution in [-0.4, -0.2) is 52.1 Å². The average Bonchev–Trinajstić information content (AvgIpc) is 3.32. The fourth-order valence-corrected chi connectivity index (χ4v) is 3.60. The maximum absolute atomic E-state index is 13.6. The molecular weight excluding hydrogens is 451 g/mol. The number of ether oxygens (including phenoxy) is 2. The fourth-order valence-electron chi connectivity index (χ4n) is 3.60. The highest BCUT2D eigenvalue weighted by Crippen LogP contribution is 2.35. The monoisotopic (exact) mass is 480 g/mol. The Morgan fingerprint density at radius 3 is 2.69 bits per heavy atom. The number of carbonyl (C=O) groups excluding carboxylic acids is 1. The fraction of sp³-hybridized carbons (Fsp3) is 0.360. The van der Waals surface area contributed by atoms with Crippen LogP contribution in [0.15, 0.2) is 49.2 Å². The number of imidazole rings is 1. The van der Waals surface area contributed by atoms with E-state index < -0.39 is 11.7 Å². The van der Waals surface area contributed by atoms with Crippen molar-refractivity contribution in [3.05, 3.63) is 60.8 Å². The molecule has 1 amide bonds. The number of carbonyl (C=O) groups is 1. The maximum Gasteiger partial charge on any atom is 0.230 e. The highest BCUT2D eigenvalue weighted by Gasteiger charge is 2.40. The first kappa shape index (κ1) is 24.5. The van der Waals surface area contributed by atoms with Gasteiger partial charge in [-0.15, -0.1) is 6.58 Å². The second kappa shape index (κ2) is 10.7. The minimum absolute atomic E-state index is 0.106. The van der Waals surface area contributed by atoms with E-state index in [1.54, 1.807) is 30.5 Å². The summed E-state index contributed by atoms with van der Waals surface area (Å²) in [6.45, 7) is 8.96. The summed E-state index contributed by atoms with van der Waals surface area (Å²) in [5.41, 5.74) is 1.66. The number of aromatic amines is 1. The van der Waals surface area contributed by atoms with Gasteiger partial charge in [-0.25, -0.2) is 19.3 Å². The van der Waals surface area contributed by atoms with Gasteiger partial charge >= 0.3 is 0 Å². The number of anilines is 1. The zero-order valence-electron chi connectivity index (χ0n) is 19.8. The van der Waals surface area contributed by atoms with E-state index in [0.29, 0.717) is 47.5 Å². The standard InChI is InChI=1S/C25H29FN6O3/c1-4-11-27-23(33)25(3)14-34-22(35-15-25)21-31-19(16-6-8-17(26)9-7-16)20(32-21)18-10-13-29-24(30-18)28-12-5-2/h5-10,13,22H,2,4,11-12,14-15H2,1,3H3,(H,27,33)(H,31,32)(H,28,29,30). The summed E-state index contributed by atoms with van der Waals surface area (Å²) in [7, 11) is 0. The molecule has 9 nitrogen and oxygen atoms in total. The molecule has 1 aliphatic heterocycles. The number of aromatic nitrogens is 4. The van der Waals surface area contributed by atoms with E-state index >= 15 is 0 Å². The second-order valence-electron chi connectivity index (χ2n) is 8.56. The third-order valence-corrected chi connectivity index (χ3v) is 5.57. The van der Waals surface area contributed by atoms with Gasteiger partial charge < -0.3 is 25.1 Å². The molecule has 0 saturated carbocycles. The smallest absolute Gasteiger partial charge is 0.230 e. The zero-order valence-corrected chi connectivity index (χ0v) is 19.8. The number of nitrogens with zero attached hydrogens (tertiary/aromatic N) is 3. The van der Waals surface area contributed by atoms with E-state index in [1.165, 1.54) is 12.1 Å². The van der Waals surface area contributed by atoms with Gasteiger partial charge in [0.15, 0.2) is 5.82 Å². The van der Waals surface area contributed by atoms with Crippen LogP contribution in [0.2, 0.25) is 0 Å². The van der Waals surface area contributed by atoms with Crippen LogP contribution in [0.5, 0.6) is 0 Å². The minimum atomic E-state index is -0.796. The van der Waals surface area contributed by atoms with Crippen molar-refractivity contribution >= 4 is 11.9 Å². The van der Waals surface area contributed by atoms with Crippen LogP contribution in [-0.2, 0) is 14.3 Å². The molecule has 3 aromatic rings. The van der Waals surface area contributed by atoms with Gasteiger partial charge in [0.1, 0.15) is 5.82 Å². The molecule has 1 saturated heterocycles. The van der Waals surface area contributed by atoms with Crippen LogP contribution in [0.3, 0.4) is 0 Å². The molecule has 2 aromatic heterocycles. The van der Waals surface area contributed by atoms with Crippen LogP contribution in [0, 0.1) is 11.2 Å². The lowest BCUT2D eigenvalue weighted by Gasteiger charge is -2.35. The molecule has 0 spiro atoms. The molecule has 1 fully saturated rings. The second-order valence-corrected chi connectivity index (χ2v) is 8.56. The lowest BCUT2D eigenvalue weighted by molar-refractivity contribution is -0.231. The Kier molecular flexibility index (Phi) is 7.52. The van der Waals surface area contributed by atoms with Crippen molar-refractivity contribution in [1.29, 1.82) is 0 Å². The number of halogens is 1. The first-order valence-electron chi connectivity index (χ1n) is 11.5. The molecular formula is C25H29FN6O3. The largest absolute Gasteiger partial charge is 0.355 e. The van der Waals surface area contributed by atoms with Crippen molar-refractivity contribution in [3.8, 4) is 22.6 Å². The number of nitrogens with one attached hydrogen (secondary N) is 3. The molecule has 10 heteroatoms. The zero-order chi connectivity index (χ0) is 24.8. The third kappa shape index (κ3) is 5.55. The van der Waals surface area contributed by atoms with Crippen LogP contribution in [0.25, 0.3) is 22.6 Å². The van der Waals surface area contributed by atoms with Crippen molar-refractivity contribution in [2.24, 2.45) is 5.41 Å². The summed E-state index contributed by atoms with van der Waals surface area (Å²) in [4.78, 5) is 29.3. The first-order valence-corrected chi connectivity index (χ1v) is 11.5. The number of hydrogen-bond acceptors (Lipinski definition) is 7. The molecule has 0 atom stereocenters. The molecule has 35 heavy (non-hydrogen) atoms. The highest BCUT2D eigenvalue weighted by molar-refractivity contribution is 5.82. The van der Waals surface area contributed by atoms with E-state index in [9.17, 15) is 9.18 Å². The SMILES string of the molecule is C=CCNc1nccc(-c2[nH]c(C3OCC(C)(C(=O)NCCC)CO3)nc2-c2ccc(F)cc2)n1. The Bertz CT molecular complexity index is 1170. The van der Waals surface area contributed by atoms with Gasteiger partial charge in [0.05, 0.1) is 35.7 Å². The van der Waals surface area contributed by atoms with Gasteiger partial charge in [0.2, 0.25) is 18.1 Å². The third-order valence-electron chi connectivity index (χ3n) is 5.57. The summed E-state index contributed by atoms with van der Waals surface area (Å²) in [5.74, 6) is 0.409. The Hall–Kier alpha value is -3.63. The lowest BCUT2D eigenvalue weighted by Crippen LogP contribution is -2.48. The number of benzene rings is 1. The highest BCUT2D eigenvalue weighted by atomic mass is 19.1. The van der Waals surface area contributed by atoms with Gasteiger partial charge in [-0.3, -0.25) is 4.79 Å². The van der Waals surface area contributed by atoms with E-state index in [2.05, 4.69) is 32.2 Å². The lowest BCUT2D eigenvalue weighted by atomic mass is 9.91. The van der Waals surface area contributed by atoms with Crippen LogP contribution in [0.4, 0.5) is 10.3 Å². The summed E-state index contributed by atoms with van der Waals surface area (Å²) in [5, 5.41) is 5.96. The molecule has 0 unspecified atom stereocenters. The minimum Gasteiger partial charge on any atom is -0.355 e. The predicted molar refractivity (Wildman–Crippen MR) is 130 cm³/mol. The Morgan fingerprint density at radius 2 is 2.00 bits per heavy atom. The molecule has 1 aliphatic rings. The molecule has 3 N–H and O–H groups in total. The molecule has 1 aromatic carbocycles. The number of rotatable bonds is 9. The summed E-state index contributed by atoms with van der Waals surface area (Å²) in [6.07, 6.45) is 3.40. The van der Waals surface area contributed by atoms with Gasteiger partial charge in [-0.2, -0.15) is 0 Å². The quantitative estimate of drug-likeness (QED) is 0.399. The Balaban J connectivity index is 1.63. The molecule has 3 heterocycles. The molecule has 0 aliphatic carbocycles. The van der Waals surface area contributed by atoms with E-state index in [-0.39, 0.29) is 24.9 Å². The topological polar surface area (TPSA) is 114 Å². The van der Waals surface area contributed by atoms with E-state index in [4.69, 9.17) is 14.5 Å². The Morgan fingerprint density at radius 1 is 1.26 bits per heavy atom. The van der Waals surface area contributed by atoms with Crippen molar-refractivity contribution in [3.63, 3.8) is 0 Å². The number of H-pyrrole nitrogens is 1. The predicted octanol–water partition coefficient (Wildman–Crippen LogP) is 3.85. The number of amides is 1. The van der Waals surface area contributed by atoms with Gasteiger partial charge in [-0.1, -0.05) is 13.0 Å². The molecule has 0 bridgehead atoms. The normalized spacial score (nSPS) is 19.8. The van der Waals surface area contributed by atoms with Crippen molar-refractivity contribution in [2.45, 2.75) is 26.6 Å². The van der Waals surface area contributed by atoms with Gasteiger partial charge in [0, 0.05) is 24.8 Å². The summed E-state index contributed by atoms with van der Waals surface area (Å²) in [6, 6.07) is 7.79. The molecule has 184 valence electrons. The van der Waals surface area contributed by atoms with Crippen molar-refractivity contribution in [1.82, 2.24) is 25.3 Å². The first-order chi connectivity index (χ1) is 16.9. The van der Waals surface area contributed by atoms with Crippen molar-refractivity contribution < 1.29 is 18.7 Å².